The van der Waals surface area contributed by atoms with Crippen molar-refractivity contribution in [3.63, 3.8) is 0 Å². The molecule has 0 unspecified atom stereocenters. The van der Waals surface area contributed by atoms with Crippen LogP contribution in [0.2, 0.25) is 0 Å². The Bertz CT molecular complexity index is 550. The zero-order valence-corrected chi connectivity index (χ0v) is 15.8. The quantitative estimate of drug-likeness (QED) is 0.786. The first-order valence-corrected chi connectivity index (χ1v) is 9.63. The first kappa shape index (κ1) is 19.5. The molecule has 2 amide bonds. The van der Waals surface area contributed by atoms with Crippen molar-refractivity contribution in [2.45, 2.75) is 71.4 Å². The molecule has 0 spiro atoms. The molecule has 0 aliphatic heterocycles. The van der Waals surface area contributed by atoms with Gasteiger partial charge in [-0.3, -0.25) is 9.59 Å². The molecule has 0 heterocycles. The van der Waals surface area contributed by atoms with Crippen LogP contribution in [0.4, 0.5) is 0 Å². The van der Waals surface area contributed by atoms with Crippen LogP contribution in [0.25, 0.3) is 0 Å². The monoisotopic (exact) mass is 344 g/mol. The maximum Gasteiger partial charge on any atom is 0.243 e. The van der Waals surface area contributed by atoms with E-state index >= 15 is 0 Å². The van der Waals surface area contributed by atoms with Crippen molar-refractivity contribution < 1.29 is 9.59 Å². The molecule has 1 fully saturated rings. The van der Waals surface area contributed by atoms with E-state index in [0.29, 0.717) is 12.3 Å². The molecule has 1 aliphatic rings. The largest absolute Gasteiger partial charge is 0.348 e. The number of rotatable bonds is 7. The molecule has 4 nitrogen and oxygen atoms in total. The van der Waals surface area contributed by atoms with E-state index in [2.05, 4.69) is 24.5 Å². The minimum Gasteiger partial charge on any atom is -0.348 e. The van der Waals surface area contributed by atoms with Crippen LogP contribution in [0.15, 0.2) is 30.3 Å². The zero-order valence-electron chi connectivity index (χ0n) is 15.8. The second-order valence-corrected chi connectivity index (χ2v) is 7.67. The summed E-state index contributed by atoms with van der Waals surface area (Å²) in [6.45, 7) is 6.13. The molecule has 2 atom stereocenters. The first-order valence-electron chi connectivity index (χ1n) is 9.63. The van der Waals surface area contributed by atoms with Crippen LogP contribution in [0.1, 0.15) is 70.9 Å². The smallest absolute Gasteiger partial charge is 0.243 e. The van der Waals surface area contributed by atoms with Gasteiger partial charge in [0.25, 0.3) is 0 Å². The van der Waals surface area contributed by atoms with Gasteiger partial charge in [-0.25, -0.2) is 0 Å². The predicted molar refractivity (Wildman–Crippen MR) is 101 cm³/mol. The summed E-state index contributed by atoms with van der Waals surface area (Å²) in [4.78, 5) is 25.3. The fourth-order valence-corrected chi connectivity index (χ4v) is 3.50. The highest BCUT2D eigenvalue weighted by Gasteiger charge is 2.27. The van der Waals surface area contributed by atoms with Gasteiger partial charge in [0, 0.05) is 5.92 Å². The van der Waals surface area contributed by atoms with Crippen molar-refractivity contribution in [3.8, 4) is 0 Å². The maximum atomic E-state index is 12.8. The van der Waals surface area contributed by atoms with Gasteiger partial charge in [-0.15, -0.1) is 0 Å². The summed E-state index contributed by atoms with van der Waals surface area (Å²) in [6.07, 6.45) is 6.00. The number of carbonyl (C=O) groups is 2. The molecular formula is C21H32N2O2. The van der Waals surface area contributed by atoms with E-state index in [-0.39, 0.29) is 23.8 Å². The molecule has 0 radical (unpaired) electrons. The van der Waals surface area contributed by atoms with Crippen molar-refractivity contribution in [3.05, 3.63) is 35.9 Å². The van der Waals surface area contributed by atoms with Gasteiger partial charge >= 0.3 is 0 Å². The van der Waals surface area contributed by atoms with Gasteiger partial charge in [0.1, 0.15) is 6.04 Å². The van der Waals surface area contributed by atoms with E-state index in [1.54, 1.807) is 0 Å². The van der Waals surface area contributed by atoms with Gasteiger partial charge in [0.2, 0.25) is 11.8 Å². The van der Waals surface area contributed by atoms with Crippen molar-refractivity contribution in [1.29, 1.82) is 0 Å². The van der Waals surface area contributed by atoms with Gasteiger partial charge in [-0.1, -0.05) is 63.4 Å². The number of carbonyl (C=O) groups excluding carboxylic acids is 2. The summed E-state index contributed by atoms with van der Waals surface area (Å²) in [6, 6.07) is 9.37. The van der Waals surface area contributed by atoms with E-state index < -0.39 is 6.04 Å². The second kappa shape index (κ2) is 9.59. The van der Waals surface area contributed by atoms with Gasteiger partial charge in [0.15, 0.2) is 0 Å². The van der Waals surface area contributed by atoms with Crippen molar-refractivity contribution in [2.75, 3.05) is 0 Å². The third-order valence-electron chi connectivity index (χ3n) is 4.97. The molecule has 25 heavy (non-hydrogen) atoms. The molecule has 138 valence electrons. The maximum absolute atomic E-state index is 12.8. The Morgan fingerprint density at radius 2 is 1.64 bits per heavy atom. The highest BCUT2D eigenvalue weighted by molar-refractivity contribution is 5.88. The molecule has 1 aromatic carbocycles. The lowest BCUT2D eigenvalue weighted by Crippen LogP contribution is -2.49. The van der Waals surface area contributed by atoms with E-state index in [1.165, 1.54) is 6.42 Å². The number of amides is 2. The Morgan fingerprint density at radius 1 is 1.00 bits per heavy atom. The predicted octanol–water partition coefficient (Wildman–Crippen LogP) is 3.98. The summed E-state index contributed by atoms with van der Waals surface area (Å²) < 4.78 is 0. The average molecular weight is 344 g/mol. The molecular weight excluding hydrogens is 312 g/mol. The third-order valence-corrected chi connectivity index (χ3v) is 4.97. The van der Waals surface area contributed by atoms with Crippen LogP contribution in [0, 0.1) is 11.8 Å². The fraction of sp³-hybridized carbons (Fsp3) is 0.619. The van der Waals surface area contributed by atoms with E-state index in [9.17, 15) is 9.59 Å². The molecule has 4 heteroatoms. The van der Waals surface area contributed by atoms with Crippen LogP contribution >= 0.6 is 0 Å². The van der Waals surface area contributed by atoms with Crippen molar-refractivity contribution >= 4 is 11.8 Å². The number of benzene rings is 1. The van der Waals surface area contributed by atoms with Crippen molar-refractivity contribution in [1.82, 2.24) is 10.6 Å². The lowest BCUT2D eigenvalue weighted by Gasteiger charge is -2.26. The molecule has 0 aromatic heterocycles. The minimum atomic E-state index is -0.458. The van der Waals surface area contributed by atoms with Gasteiger partial charge in [-0.2, -0.15) is 0 Å². The van der Waals surface area contributed by atoms with Crippen LogP contribution in [0.5, 0.6) is 0 Å². The summed E-state index contributed by atoms with van der Waals surface area (Å²) >= 11 is 0. The molecule has 0 saturated heterocycles. The van der Waals surface area contributed by atoms with E-state index in [1.807, 2.05) is 37.3 Å². The topological polar surface area (TPSA) is 58.2 Å². The Kier molecular flexibility index (Phi) is 7.48. The molecule has 1 aliphatic carbocycles. The number of nitrogens with one attached hydrogen (secondary N) is 2. The summed E-state index contributed by atoms with van der Waals surface area (Å²) in [5.41, 5.74) is 1.07. The Balaban J connectivity index is 1.97. The second-order valence-electron chi connectivity index (χ2n) is 7.67. The summed E-state index contributed by atoms with van der Waals surface area (Å²) in [5.74, 6) is 0.374. The summed E-state index contributed by atoms with van der Waals surface area (Å²) in [7, 11) is 0. The highest BCUT2D eigenvalue weighted by Crippen LogP contribution is 2.24. The van der Waals surface area contributed by atoms with Gasteiger partial charge < -0.3 is 10.6 Å². The summed E-state index contributed by atoms with van der Waals surface area (Å²) in [5, 5.41) is 6.08. The zero-order chi connectivity index (χ0) is 18.2. The van der Waals surface area contributed by atoms with Crippen LogP contribution in [-0.2, 0) is 9.59 Å². The average Bonchev–Trinajstić information content (AvgIpc) is 2.62. The third kappa shape index (κ3) is 6.18. The van der Waals surface area contributed by atoms with Crippen LogP contribution in [-0.4, -0.2) is 17.9 Å². The van der Waals surface area contributed by atoms with Gasteiger partial charge in [0.05, 0.1) is 6.04 Å². The minimum absolute atomic E-state index is 0.0489. The van der Waals surface area contributed by atoms with E-state index in [4.69, 9.17) is 0 Å². The lowest BCUT2D eigenvalue weighted by molar-refractivity contribution is -0.132. The molecule has 1 saturated carbocycles. The normalized spacial score (nSPS) is 17.8. The number of hydrogen-bond donors (Lipinski definition) is 2. The lowest BCUT2D eigenvalue weighted by atomic mass is 9.88. The molecule has 2 N–H and O–H groups in total. The molecule has 1 aromatic rings. The standard InChI is InChI=1S/C21H32N2O2/c1-15(2)14-19(23-20(24)18-12-8-5-9-13-18)21(25)22-16(3)17-10-6-4-7-11-17/h4,6-7,10-11,15-16,18-19H,5,8-9,12-14H2,1-3H3,(H,22,25)(H,23,24)/t16-,19-/m1/s1. The van der Waals surface area contributed by atoms with Crippen LogP contribution in [0.3, 0.4) is 0 Å². The van der Waals surface area contributed by atoms with Crippen LogP contribution < -0.4 is 10.6 Å². The Labute approximate surface area is 151 Å². The Morgan fingerprint density at radius 3 is 2.24 bits per heavy atom. The van der Waals surface area contributed by atoms with E-state index in [0.717, 1.165) is 31.2 Å². The number of hydrogen-bond acceptors (Lipinski definition) is 2. The van der Waals surface area contributed by atoms with Crippen molar-refractivity contribution in [2.24, 2.45) is 11.8 Å². The van der Waals surface area contributed by atoms with Gasteiger partial charge in [-0.05, 0) is 37.7 Å². The first-order chi connectivity index (χ1) is 12.0. The SMILES string of the molecule is CC(C)C[C@@H](NC(=O)C1CCCCC1)C(=O)N[C@H](C)c1ccccc1. The Hall–Kier alpha value is -1.84. The fourth-order valence-electron chi connectivity index (χ4n) is 3.50. The highest BCUT2D eigenvalue weighted by atomic mass is 16.2. The molecule has 2 rings (SSSR count). The molecule has 0 bridgehead atoms.